The van der Waals surface area contributed by atoms with Crippen LogP contribution in [0.3, 0.4) is 0 Å². The van der Waals surface area contributed by atoms with Crippen LogP contribution in [0, 0.1) is 5.92 Å². The highest BCUT2D eigenvalue weighted by molar-refractivity contribution is 14.1. The molecule has 0 aromatic carbocycles. The first-order valence-electron chi connectivity index (χ1n) is 6.36. The summed E-state index contributed by atoms with van der Waals surface area (Å²) >= 11 is 2.26. The van der Waals surface area contributed by atoms with E-state index in [1.807, 2.05) is 0 Å². The normalized spacial score (nSPS) is 14.8. The second kappa shape index (κ2) is 13.3. The number of unbranched alkanes of at least 4 members (excludes halogenated alkanes) is 1. The summed E-state index contributed by atoms with van der Waals surface area (Å²) in [4.78, 5) is 0. The average Bonchev–Trinajstić information content (AvgIpc) is 2.32. The van der Waals surface area contributed by atoms with Crippen molar-refractivity contribution in [1.82, 2.24) is 0 Å². The van der Waals surface area contributed by atoms with Gasteiger partial charge in [-0.2, -0.15) is 0 Å². The van der Waals surface area contributed by atoms with Crippen molar-refractivity contribution < 1.29 is 9.47 Å². The number of halogens is 1. The van der Waals surface area contributed by atoms with Gasteiger partial charge in [-0.1, -0.05) is 59.4 Å². The zero-order valence-corrected chi connectivity index (χ0v) is 13.9. The molecule has 0 rings (SSSR count). The van der Waals surface area contributed by atoms with Gasteiger partial charge in [-0.05, 0) is 36.2 Å². The van der Waals surface area contributed by atoms with Gasteiger partial charge in [0.15, 0.2) is 0 Å². The van der Waals surface area contributed by atoms with Gasteiger partial charge in [0.05, 0.1) is 0 Å². The minimum Gasteiger partial charge on any atom is -0.359 e. The summed E-state index contributed by atoms with van der Waals surface area (Å²) < 4.78 is 12.1. The zero-order valence-electron chi connectivity index (χ0n) is 11.7. The maximum Gasteiger partial charge on any atom is 0.146 e. The van der Waals surface area contributed by atoms with E-state index in [0.717, 1.165) is 25.9 Å². The Labute approximate surface area is 125 Å². The predicted molar refractivity (Wildman–Crippen MR) is 86.9 cm³/mol. The fourth-order valence-electron chi connectivity index (χ4n) is 1.52. The van der Waals surface area contributed by atoms with E-state index in [2.05, 4.69) is 64.8 Å². The molecule has 0 radical (unpaired) electrons. The summed E-state index contributed by atoms with van der Waals surface area (Å²) in [6.07, 6.45) is 12.1. The van der Waals surface area contributed by atoms with Crippen LogP contribution in [0.1, 0.15) is 33.1 Å². The van der Waals surface area contributed by atoms with E-state index in [4.69, 9.17) is 9.47 Å². The Bertz CT molecular complexity index is 270. The Morgan fingerprint density at radius 1 is 1.33 bits per heavy atom. The van der Waals surface area contributed by atoms with E-state index in [0.29, 0.717) is 12.7 Å². The Morgan fingerprint density at radius 2 is 2.11 bits per heavy atom. The minimum atomic E-state index is 0.397. The molecule has 18 heavy (non-hydrogen) atoms. The molecule has 0 bridgehead atoms. The first-order valence-corrected chi connectivity index (χ1v) is 7.61. The van der Waals surface area contributed by atoms with Gasteiger partial charge in [-0.3, -0.25) is 0 Å². The molecule has 104 valence electrons. The summed E-state index contributed by atoms with van der Waals surface area (Å²) in [5.74, 6) is 0.526. The number of ether oxygens (including phenoxy) is 2. The molecular weight excluding hydrogens is 339 g/mol. The van der Waals surface area contributed by atoms with Crippen molar-refractivity contribution in [2.75, 3.05) is 20.5 Å². The van der Waals surface area contributed by atoms with Crippen LogP contribution >= 0.6 is 22.6 Å². The van der Waals surface area contributed by atoms with Crippen LogP contribution in [-0.2, 0) is 9.47 Å². The molecule has 0 heterocycles. The van der Waals surface area contributed by atoms with E-state index >= 15 is 0 Å². The van der Waals surface area contributed by atoms with Crippen LogP contribution in [0.4, 0.5) is 0 Å². The van der Waals surface area contributed by atoms with Crippen molar-refractivity contribution in [3.8, 4) is 0 Å². The molecule has 0 amide bonds. The number of hydrogen-bond acceptors (Lipinski definition) is 2. The highest BCUT2D eigenvalue weighted by Crippen LogP contribution is 2.09. The predicted octanol–water partition coefficient (Wildman–Crippen LogP) is 4.86. The second-order valence-corrected chi connectivity index (χ2v) is 5.04. The zero-order chi connectivity index (χ0) is 13.6. The molecule has 0 aliphatic rings. The average molecular weight is 364 g/mol. The minimum absolute atomic E-state index is 0.397. The lowest BCUT2D eigenvalue weighted by atomic mass is 10.1. The molecule has 0 aliphatic carbocycles. The van der Waals surface area contributed by atoms with Crippen LogP contribution in [0.15, 0.2) is 34.0 Å². The molecule has 0 saturated carbocycles. The van der Waals surface area contributed by atoms with E-state index in [9.17, 15) is 0 Å². The summed E-state index contributed by atoms with van der Waals surface area (Å²) in [7, 11) is 1.64. The smallest absolute Gasteiger partial charge is 0.146 e. The van der Waals surface area contributed by atoms with Crippen molar-refractivity contribution in [2.45, 2.75) is 33.1 Å². The van der Waals surface area contributed by atoms with Gasteiger partial charge in [0, 0.05) is 13.7 Å². The van der Waals surface area contributed by atoms with Crippen LogP contribution in [0.2, 0.25) is 0 Å². The first-order chi connectivity index (χ1) is 8.70. The number of rotatable bonds is 10. The standard InChI is InChI=1S/C15H25IO2/c1-14(12-15(2)9-10-16)8-6-4-5-7-11-18-13-17-3/h4,6,9-10,12,15H,5,7-8,11,13H2,1-3H3/b6-4+,10-9+,14-12-/t15-/m0/s1. The molecule has 0 saturated heterocycles. The molecule has 0 fully saturated rings. The van der Waals surface area contributed by atoms with Gasteiger partial charge in [0.1, 0.15) is 6.79 Å². The van der Waals surface area contributed by atoms with Crippen molar-refractivity contribution in [1.29, 1.82) is 0 Å². The Balaban J connectivity index is 3.62. The maximum absolute atomic E-state index is 5.21. The van der Waals surface area contributed by atoms with Crippen LogP contribution in [0.5, 0.6) is 0 Å². The third-order valence-corrected chi connectivity index (χ3v) is 2.81. The monoisotopic (exact) mass is 364 g/mol. The molecule has 0 N–H and O–H groups in total. The van der Waals surface area contributed by atoms with Crippen LogP contribution in [0.25, 0.3) is 0 Å². The first kappa shape index (κ1) is 17.9. The van der Waals surface area contributed by atoms with E-state index in [1.165, 1.54) is 5.57 Å². The molecule has 0 spiro atoms. The third kappa shape index (κ3) is 12.3. The topological polar surface area (TPSA) is 18.5 Å². The highest BCUT2D eigenvalue weighted by Gasteiger charge is 1.92. The molecule has 0 aliphatic heterocycles. The maximum atomic E-state index is 5.21. The Kier molecular flexibility index (Phi) is 13.2. The largest absolute Gasteiger partial charge is 0.359 e. The van der Waals surface area contributed by atoms with Gasteiger partial charge in [-0.15, -0.1) is 0 Å². The molecule has 1 atom stereocenters. The highest BCUT2D eigenvalue weighted by atomic mass is 127. The van der Waals surface area contributed by atoms with Gasteiger partial charge < -0.3 is 9.47 Å². The van der Waals surface area contributed by atoms with Crippen molar-refractivity contribution in [3.05, 3.63) is 34.0 Å². The van der Waals surface area contributed by atoms with Gasteiger partial charge >= 0.3 is 0 Å². The van der Waals surface area contributed by atoms with E-state index in [1.54, 1.807) is 7.11 Å². The lowest BCUT2D eigenvalue weighted by Gasteiger charge is -2.01. The molecule has 0 unspecified atom stereocenters. The van der Waals surface area contributed by atoms with Crippen molar-refractivity contribution in [3.63, 3.8) is 0 Å². The lowest BCUT2D eigenvalue weighted by Crippen LogP contribution is -1.97. The van der Waals surface area contributed by atoms with Gasteiger partial charge in [0.2, 0.25) is 0 Å². The lowest BCUT2D eigenvalue weighted by molar-refractivity contribution is -0.0308. The SMILES string of the molecule is COCOCCC/C=C/C/C(C)=C\[C@@H](C)/C=C/I. The summed E-state index contributed by atoms with van der Waals surface area (Å²) in [6.45, 7) is 5.55. The summed E-state index contributed by atoms with van der Waals surface area (Å²) in [6, 6.07) is 0. The van der Waals surface area contributed by atoms with Crippen molar-refractivity contribution in [2.24, 2.45) is 5.92 Å². The van der Waals surface area contributed by atoms with Crippen LogP contribution in [-0.4, -0.2) is 20.5 Å². The molecular formula is C15H25IO2. The van der Waals surface area contributed by atoms with Crippen LogP contribution < -0.4 is 0 Å². The summed E-state index contributed by atoms with van der Waals surface area (Å²) in [5, 5.41) is 0. The summed E-state index contributed by atoms with van der Waals surface area (Å²) in [5.41, 5.74) is 1.42. The molecule has 0 aromatic heterocycles. The van der Waals surface area contributed by atoms with Gasteiger partial charge in [0.25, 0.3) is 0 Å². The molecule has 2 nitrogen and oxygen atoms in total. The second-order valence-electron chi connectivity index (χ2n) is 4.32. The number of methoxy groups -OCH3 is 1. The quantitative estimate of drug-likeness (QED) is 0.238. The van der Waals surface area contributed by atoms with E-state index in [-0.39, 0.29) is 0 Å². The van der Waals surface area contributed by atoms with E-state index < -0.39 is 0 Å². The molecule has 0 aromatic rings. The van der Waals surface area contributed by atoms with Gasteiger partial charge in [-0.25, -0.2) is 0 Å². The third-order valence-electron chi connectivity index (χ3n) is 2.39. The number of allylic oxidation sites excluding steroid dienone is 5. The Hall–Kier alpha value is -0.130. The number of hydrogen-bond donors (Lipinski definition) is 0. The Morgan fingerprint density at radius 3 is 2.78 bits per heavy atom. The fourth-order valence-corrected chi connectivity index (χ4v) is 2.17. The fraction of sp³-hybridized carbons (Fsp3) is 0.600. The molecule has 3 heteroatoms. The van der Waals surface area contributed by atoms with Crippen molar-refractivity contribution >= 4 is 22.6 Å².